The number of furan rings is 1. The SMILES string of the molecule is CN=C(NCCN(C(C)C)C(C)C)NCc1ccc(C(N)=O)o1.I. The Kier molecular flexibility index (Phi) is 10.7. The van der Waals surface area contributed by atoms with E-state index < -0.39 is 5.91 Å². The van der Waals surface area contributed by atoms with Crippen LogP contribution in [0.15, 0.2) is 21.5 Å². The molecule has 1 aromatic rings. The first-order chi connectivity index (χ1) is 10.8. The number of nitrogens with two attached hydrogens (primary N) is 1. The molecule has 8 heteroatoms. The highest BCUT2D eigenvalue weighted by Gasteiger charge is 2.13. The Labute approximate surface area is 161 Å². The summed E-state index contributed by atoms with van der Waals surface area (Å²) in [5.41, 5.74) is 5.16. The number of halogens is 1. The summed E-state index contributed by atoms with van der Waals surface area (Å²) in [6, 6.07) is 4.29. The van der Waals surface area contributed by atoms with Crippen molar-refractivity contribution in [2.24, 2.45) is 10.7 Å². The van der Waals surface area contributed by atoms with Gasteiger partial charge in [0.15, 0.2) is 11.7 Å². The van der Waals surface area contributed by atoms with Gasteiger partial charge in [-0.3, -0.25) is 14.7 Å². The molecular formula is C16H30IN5O2. The molecule has 1 amide bonds. The number of carbonyl (C=O) groups excluding carboxylic acids is 1. The fourth-order valence-electron chi connectivity index (χ4n) is 2.41. The number of hydrogen-bond donors (Lipinski definition) is 3. The second kappa shape index (κ2) is 11.3. The second-order valence-corrected chi connectivity index (χ2v) is 5.91. The maximum atomic E-state index is 11.0. The molecule has 0 radical (unpaired) electrons. The lowest BCUT2D eigenvalue weighted by Crippen LogP contribution is -2.45. The summed E-state index contributed by atoms with van der Waals surface area (Å²) in [4.78, 5) is 17.6. The first-order valence-corrected chi connectivity index (χ1v) is 7.94. The molecule has 0 bridgehead atoms. The molecule has 0 saturated carbocycles. The van der Waals surface area contributed by atoms with E-state index in [9.17, 15) is 4.79 Å². The smallest absolute Gasteiger partial charge is 0.284 e. The molecule has 1 heterocycles. The summed E-state index contributed by atoms with van der Waals surface area (Å²) in [5.74, 6) is 0.915. The fourth-order valence-corrected chi connectivity index (χ4v) is 2.41. The molecule has 0 saturated heterocycles. The quantitative estimate of drug-likeness (QED) is 0.318. The van der Waals surface area contributed by atoms with Crippen LogP contribution in [0.1, 0.15) is 44.0 Å². The van der Waals surface area contributed by atoms with Crippen LogP contribution in [0.2, 0.25) is 0 Å². The summed E-state index contributed by atoms with van der Waals surface area (Å²) < 4.78 is 5.32. The molecule has 0 aliphatic rings. The summed E-state index contributed by atoms with van der Waals surface area (Å²) in [6.45, 7) is 10.9. The minimum atomic E-state index is -0.568. The van der Waals surface area contributed by atoms with Gasteiger partial charge in [0.1, 0.15) is 5.76 Å². The third-order valence-electron chi connectivity index (χ3n) is 3.55. The van der Waals surface area contributed by atoms with E-state index in [0.717, 1.165) is 13.1 Å². The number of carbonyl (C=O) groups is 1. The van der Waals surface area contributed by atoms with Crippen LogP contribution in [0.4, 0.5) is 0 Å². The number of primary amides is 1. The molecule has 7 nitrogen and oxygen atoms in total. The molecule has 0 aliphatic carbocycles. The van der Waals surface area contributed by atoms with Gasteiger partial charge in [0.2, 0.25) is 0 Å². The lowest BCUT2D eigenvalue weighted by molar-refractivity contribution is 0.0972. The Morgan fingerprint density at radius 2 is 1.88 bits per heavy atom. The van der Waals surface area contributed by atoms with Crippen LogP contribution in [-0.2, 0) is 6.54 Å². The normalized spacial score (nSPS) is 11.8. The molecule has 0 spiro atoms. The van der Waals surface area contributed by atoms with E-state index in [-0.39, 0.29) is 29.7 Å². The van der Waals surface area contributed by atoms with Crippen LogP contribution in [0.5, 0.6) is 0 Å². The second-order valence-electron chi connectivity index (χ2n) is 5.91. The van der Waals surface area contributed by atoms with Crippen molar-refractivity contribution in [1.82, 2.24) is 15.5 Å². The van der Waals surface area contributed by atoms with Gasteiger partial charge in [-0.2, -0.15) is 0 Å². The zero-order valence-electron chi connectivity index (χ0n) is 15.1. The van der Waals surface area contributed by atoms with Gasteiger partial charge in [0.05, 0.1) is 6.54 Å². The van der Waals surface area contributed by atoms with Crippen molar-refractivity contribution in [1.29, 1.82) is 0 Å². The van der Waals surface area contributed by atoms with Crippen molar-refractivity contribution in [2.75, 3.05) is 20.1 Å². The molecule has 0 atom stereocenters. The Morgan fingerprint density at radius 1 is 1.25 bits per heavy atom. The van der Waals surface area contributed by atoms with Gasteiger partial charge in [-0.05, 0) is 39.8 Å². The molecule has 4 N–H and O–H groups in total. The third kappa shape index (κ3) is 7.52. The number of nitrogens with zero attached hydrogens (tertiary/aromatic N) is 2. The maximum Gasteiger partial charge on any atom is 0.284 e. The minimum absolute atomic E-state index is 0. The van der Waals surface area contributed by atoms with E-state index in [1.807, 2.05) is 0 Å². The van der Waals surface area contributed by atoms with Crippen LogP contribution < -0.4 is 16.4 Å². The van der Waals surface area contributed by atoms with Crippen molar-refractivity contribution in [3.63, 3.8) is 0 Å². The summed E-state index contributed by atoms with van der Waals surface area (Å²) in [7, 11) is 1.72. The molecule has 0 aromatic carbocycles. The molecular weight excluding hydrogens is 421 g/mol. The van der Waals surface area contributed by atoms with Crippen LogP contribution >= 0.6 is 24.0 Å². The Hall–Kier alpha value is -1.29. The van der Waals surface area contributed by atoms with Gasteiger partial charge in [-0.1, -0.05) is 0 Å². The molecule has 0 aliphatic heterocycles. The van der Waals surface area contributed by atoms with Gasteiger partial charge in [0, 0.05) is 32.2 Å². The standard InChI is InChI=1S/C16H29N5O2.HI/c1-11(2)21(12(3)4)9-8-19-16(18-5)20-10-13-6-7-14(23-13)15(17)22;/h6-7,11-12H,8-10H2,1-5H3,(H2,17,22)(H2,18,19,20);1H. The summed E-state index contributed by atoms with van der Waals surface area (Å²) >= 11 is 0. The van der Waals surface area contributed by atoms with Crippen LogP contribution in [0.25, 0.3) is 0 Å². The van der Waals surface area contributed by atoms with E-state index in [4.69, 9.17) is 10.2 Å². The molecule has 138 valence electrons. The van der Waals surface area contributed by atoms with Gasteiger partial charge in [-0.25, -0.2) is 0 Å². The Bertz CT molecular complexity index is 520. The van der Waals surface area contributed by atoms with Gasteiger partial charge >= 0.3 is 0 Å². The van der Waals surface area contributed by atoms with Crippen molar-refractivity contribution in [3.05, 3.63) is 23.7 Å². The summed E-state index contributed by atoms with van der Waals surface area (Å²) in [6.07, 6.45) is 0. The van der Waals surface area contributed by atoms with E-state index in [0.29, 0.717) is 30.3 Å². The molecule has 0 fully saturated rings. The van der Waals surface area contributed by atoms with Crippen molar-refractivity contribution < 1.29 is 9.21 Å². The number of aliphatic imine (C=N–C) groups is 1. The lowest BCUT2D eigenvalue weighted by Gasteiger charge is -2.30. The van der Waals surface area contributed by atoms with E-state index in [2.05, 4.69) is 48.2 Å². The van der Waals surface area contributed by atoms with Crippen LogP contribution in [-0.4, -0.2) is 49.0 Å². The maximum absolute atomic E-state index is 11.0. The monoisotopic (exact) mass is 451 g/mol. The van der Waals surface area contributed by atoms with Gasteiger partial charge < -0.3 is 20.8 Å². The highest BCUT2D eigenvalue weighted by molar-refractivity contribution is 14.0. The van der Waals surface area contributed by atoms with Crippen molar-refractivity contribution in [3.8, 4) is 0 Å². The lowest BCUT2D eigenvalue weighted by atomic mass is 10.2. The van der Waals surface area contributed by atoms with E-state index >= 15 is 0 Å². The fraction of sp³-hybridized carbons (Fsp3) is 0.625. The molecule has 1 rings (SSSR count). The zero-order valence-corrected chi connectivity index (χ0v) is 17.5. The predicted molar refractivity (Wildman–Crippen MR) is 108 cm³/mol. The topological polar surface area (TPSA) is 95.9 Å². The third-order valence-corrected chi connectivity index (χ3v) is 3.55. The number of nitrogens with one attached hydrogen (secondary N) is 2. The first kappa shape index (κ1) is 22.7. The molecule has 1 aromatic heterocycles. The molecule has 0 unspecified atom stereocenters. The summed E-state index contributed by atoms with van der Waals surface area (Å²) in [5, 5.41) is 6.42. The average molecular weight is 451 g/mol. The van der Waals surface area contributed by atoms with Crippen LogP contribution in [0.3, 0.4) is 0 Å². The number of hydrogen-bond acceptors (Lipinski definition) is 4. The van der Waals surface area contributed by atoms with Gasteiger partial charge in [0.25, 0.3) is 5.91 Å². The largest absolute Gasteiger partial charge is 0.454 e. The number of amides is 1. The highest BCUT2D eigenvalue weighted by atomic mass is 127. The Balaban J connectivity index is 0.00000529. The average Bonchev–Trinajstić information content (AvgIpc) is 2.94. The van der Waals surface area contributed by atoms with Crippen molar-refractivity contribution >= 4 is 35.8 Å². The number of guanidine groups is 1. The van der Waals surface area contributed by atoms with E-state index in [1.165, 1.54) is 0 Å². The highest BCUT2D eigenvalue weighted by Crippen LogP contribution is 2.06. The van der Waals surface area contributed by atoms with E-state index in [1.54, 1.807) is 19.2 Å². The van der Waals surface area contributed by atoms with Crippen LogP contribution in [0, 0.1) is 0 Å². The molecule has 24 heavy (non-hydrogen) atoms. The minimum Gasteiger partial charge on any atom is -0.454 e. The van der Waals surface area contributed by atoms with Gasteiger partial charge in [-0.15, -0.1) is 24.0 Å². The first-order valence-electron chi connectivity index (χ1n) is 7.94. The van der Waals surface area contributed by atoms with Crippen molar-refractivity contribution in [2.45, 2.75) is 46.3 Å². The number of rotatable bonds is 8. The zero-order chi connectivity index (χ0) is 17.4. The Morgan fingerprint density at radius 3 is 2.33 bits per heavy atom. The predicted octanol–water partition coefficient (Wildman–Crippen LogP) is 1.78.